The van der Waals surface area contributed by atoms with E-state index < -0.39 is 0 Å². The van der Waals surface area contributed by atoms with E-state index in [4.69, 9.17) is 11.6 Å². The number of nitrogens with zero attached hydrogens (tertiary/aromatic N) is 4. The summed E-state index contributed by atoms with van der Waals surface area (Å²) in [6.45, 7) is 0. The molecule has 130 valence electrons. The van der Waals surface area contributed by atoms with Crippen LogP contribution in [0, 0.1) is 5.82 Å². The normalized spacial score (nSPS) is 10.9. The first-order chi connectivity index (χ1) is 12.0. The minimum atomic E-state index is -0.333. The van der Waals surface area contributed by atoms with Gasteiger partial charge in [0.25, 0.3) is 0 Å². The molecule has 0 atom stereocenters. The van der Waals surface area contributed by atoms with Gasteiger partial charge in [0.05, 0.1) is 0 Å². The molecule has 4 nitrogen and oxygen atoms in total. The zero-order chi connectivity index (χ0) is 18.0. The Kier molecular flexibility index (Phi) is 5.30. The number of aromatic nitrogens is 3. The second-order valence-electron chi connectivity index (χ2n) is 5.83. The van der Waals surface area contributed by atoms with Gasteiger partial charge >= 0.3 is 0 Å². The lowest BCUT2D eigenvalue weighted by molar-refractivity contribution is 0.627. The number of anilines is 1. The van der Waals surface area contributed by atoms with Crippen LogP contribution >= 0.6 is 23.4 Å². The molecule has 0 fully saturated rings. The van der Waals surface area contributed by atoms with Gasteiger partial charge in [0.2, 0.25) is 0 Å². The van der Waals surface area contributed by atoms with Crippen LogP contribution in [0.4, 0.5) is 10.1 Å². The Labute approximate surface area is 155 Å². The molecular weight excluding hydrogens is 359 g/mol. The van der Waals surface area contributed by atoms with Crippen molar-refractivity contribution < 1.29 is 4.39 Å². The van der Waals surface area contributed by atoms with Crippen molar-refractivity contribution in [3.05, 3.63) is 58.9 Å². The maximum absolute atomic E-state index is 13.1. The molecule has 1 aromatic heterocycles. The number of benzene rings is 2. The summed E-state index contributed by atoms with van der Waals surface area (Å²) in [4.78, 5) is 2.05. The van der Waals surface area contributed by atoms with Crippen LogP contribution in [-0.4, -0.2) is 28.9 Å². The lowest BCUT2D eigenvalue weighted by atomic mass is 10.2. The number of halogens is 2. The number of rotatable bonds is 5. The Bertz CT molecular complexity index is 877. The predicted molar refractivity (Wildman–Crippen MR) is 102 cm³/mol. The topological polar surface area (TPSA) is 34.0 Å². The lowest BCUT2D eigenvalue weighted by Crippen LogP contribution is -2.08. The summed E-state index contributed by atoms with van der Waals surface area (Å²) < 4.78 is 15.1. The average Bonchev–Trinajstić information content (AvgIpc) is 2.95. The Morgan fingerprint density at radius 3 is 2.48 bits per heavy atom. The molecule has 3 rings (SSSR count). The van der Waals surface area contributed by atoms with Crippen molar-refractivity contribution in [2.45, 2.75) is 10.9 Å². The van der Waals surface area contributed by atoms with Gasteiger partial charge in [-0.05, 0) is 42.0 Å². The van der Waals surface area contributed by atoms with Crippen molar-refractivity contribution in [2.75, 3.05) is 19.0 Å². The van der Waals surface area contributed by atoms with Crippen LogP contribution in [-0.2, 0) is 12.8 Å². The molecule has 0 unspecified atom stereocenters. The van der Waals surface area contributed by atoms with Gasteiger partial charge in [-0.15, -0.1) is 10.2 Å². The van der Waals surface area contributed by atoms with Gasteiger partial charge in [0, 0.05) is 43.2 Å². The Balaban J connectivity index is 1.76. The molecule has 0 saturated heterocycles. The minimum Gasteiger partial charge on any atom is -0.378 e. The van der Waals surface area contributed by atoms with E-state index in [-0.39, 0.29) is 5.82 Å². The molecule has 0 aliphatic rings. The van der Waals surface area contributed by atoms with E-state index in [1.54, 1.807) is 6.07 Å². The van der Waals surface area contributed by atoms with Crippen LogP contribution in [0.3, 0.4) is 0 Å². The number of thioether (sulfide) groups is 1. The summed E-state index contributed by atoms with van der Waals surface area (Å²) in [5.74, 6) is 1.07. The van der Waals surface area contributed by atoms with Crippen LogP contribution in [0.2, 0.25) is 5.02 Å². The smallest absolute Gasteiger partial charge is 0.191 e. The van der Waals surface area contributed by atoms with Gasteiger partial charge in [0.1, 0.15) is 5.82 Å². The highest BCUT2D eigenvalue weighted by Crippen LogP contribution is 2.28. The first-order valence-electron chi connectivity index (χ1n) is 7.69. The molecule has 0 aliphatic heterocycles. The fourth-order valence-corrected chi connectivity index (χ4v) is 3.61. The minimum absolute atomic E-state index is 0.333. The fraction of sp³-hybridized carbons (Fsp3) is 0.222. The molecular formula is C18H18ClFN4S. The monoisotopic (exact) mass is 376 g/mol. The summed E-state index contributed by atoms with van der Waals surface area (Å²) >= 11 is 7.59. The van der Waals surface area contributed by atoms with E-state index in [9.17, 15) is 4.39 Å². The average molecular weight is 377 g/mol. The second kappa shape index (κ2) is 7.45. The molecule has 2 aromatic carbocycles. The van der Waals surface area contributed by atoms with Crippen molar-refractivity contribution in [2.24, 2.45) is 7.05 Å². The van der Waals surface area contributed by atoms with E-state index in [0.717, 1.165) is 27.8 Å². The molecule has 0 N–H and O–H groups in total. The third kappa shape index (κ3) is 3.96. The molecule has 0 amide bonds. The zero-order valence-corrected chi connectivity index (χ0v) is 15.8. The van der Waals surface area contributed by atoms with Gasteiger partial charge in [0.15, 0.2) is 11.0 Å². The summed E-state index contributed by atoms with van der Waals surface area (Å²) in [7, 11) is 5.95. The first kappa shape index (κ1) is 17.8. The van der Waals surface area contributed by atoms with Crippen LogP contribution in [0.1, 0.15) is 5.56 Å². The van der Waals surface area contributed by atoms with Gasteiger partial charge < -0.3 is 9.47 Å². The van der Waals surface area contributed by atoms with E-state index in [2.05, 4.69) is 22.3 Å². The van der Waals surface area contributed by atoms with E-state index in [1.807, 2.05) is 42.7 Å². The summed E-state index contributed by atoms with van der Waals surface area (Å²) in [6.07, 6.45) is 0. The Morgan fingerprint density at radius 1 is 1.12 bits per heavy atom. The van der Waals surface area contributed by atoms with Crippen molar-refractivity contribution in [1.29, 1.82) is 0 Å². The molecule has 0 bridgehead atoms. The van der Waals surface area contributed by atoms with Gasteiger partial charge in [-0.25, -0.2) is 4.39 Å². The molecule has 0 radical (unpaired) electrons. The zero-order valence-electron chi connectivity index (χ0n) is 14.2. The maximum Gasteiger partial charge on any atom is 0.191 e. The van der Waals surface area contributed by atoms with E-state index in [0.29, 0.717) is 10.8 Å². The SMILES string of the molecule is CN(C)c1ccc(-c2nnc(SCc3ccc(F)cc3Cl)n2C)cc1. The summed E-state index contributed by atoms with van der Waals surface area (Å²) in [6, 6.07) is 12.6. The summed E-state index contributed by atoms with van der Waals surface area (Å²) in [5.41, 5.74) is 3.01. The lowest BCUT2D eigenvalue weighted by Gasteiger charge is -2.12. The molecule has 0 saturated carbocycles. The highest BCUT2D eigenvalue weighted by Gasteiger charge is 2.12. The Morgan fingerprint density at radius 2 is 1.84 bits per heavy atom. The molecule has 0 aliphatic carbocycles. The molecule has 7 heteroatoms. The molecule has 3 aromatic rings. The number of hydrogen-bond acceptors (Lipinski definition) is 4. The molecule has 0 spiro atoms. The van der Waals surface area contributed by atoms with Crippen LogP contribution in [0.15, 0.2) is 47.6 Å². The number of hydrogen-bond donors (Lipinski definition) is 0. The van der Waals surface area contributed by atoms with Crippen LogP contribution < -0.4 is 4.90 Å². The first-order valence-corrected chi connectivity index (χ1v) is 9.06. The van der Waals surface area contributed by atoms with Crippen molar-refractivity contribution in [1.82, 2.24) is 14.8 Å². The standard InChI is InChI=1S/C18H18ClFN4S/c1-23(2)15-8-5-12(6-9-15)17-21-22-18(24(17)3)25-11-13-4-7-14(20)10-16(13)19/h4-10H,11H2,1-3H3. The maximum atomic E-state index is 13.1. The second-order valence-corrected chi connectivity index (χ2v) is 7.18. The largest absolute Gasteiger partial charge is 0.378 e. The third-order valence-electron chi connectivity index (χ3n) is 3.85. The van der Waals surface area contributed by atoms with Crippen molar-refractivity contribution >= 4 is 29.1 Å². The fourth-order valence-electron chi connectivity index (χ4n) is 2.38. The summed E-state index contributed by atoms with van der Waals surface area (Å²) in [5, 5.41) is 9.76. The molecule has 1 heterocycles. The van der Waals surface area contributed by atoms with Gasteiger partial charge in [-0.2, -0.15) is 0 Å². The van der Waals surface area contributed by atoms with Gasteiger partial charge in [-0.3, -0.25) is 0 Å². The highest BCUT2D eigenvalue weighted by atomic mass is 35.5. The van der Waals surface area contributed by atoms with Crippen molar-refractivity contribution in [3.8, 4) is 11.4 Å². The van der Waals surface area contributed by atoms with Crippen molar-refractivity contribution in [3.63, 3.8) is 0 Å². The molecule has 25 heavy (non-hydrogen) atoms. The predicted octanol–water partition coefficient (Wildman–Crippen LogP) is 4.63. The van der Waals surface area contributed by atoms with Crippen LogP contribution in [0.5, 0.6) is 0 Å². The Hall–Kier alpha value is -2.05. The van der Waals surface area contributed by atoms with Crippen LogP contribution in [0.25, 0.3) is 11.4 Å². The highest BCUT2D eigenvalue weighted by molar-refractivity contribution is 7.98. The van der Waals surface area contributed by atoms with Gasteiger partial charge in [-0.1, -0.05) is 29.4 Å². The van der Waals surface area contributed by atoms with E-state index in [1.165, 1.54) is 23.9 Å². The van der Waals surface area contributed by atoms with E-state index >= 15 is 0 Å². The quantitative estimate of drug-likeness (QED) is 0.608. The third-order valence-corrected chi connectivity index (χ3v) is 5.27.